The van der Waals surface area contributed by atoms with E-state index in [0.29, 0.717) is 45.0 Å². The maximum absolute atomic E-state index is 14.4. The van der Waals surface area contributed by atoms with Crippen LogP contribution in [0.5, 0.6) is 0 Å². The molecule has 2 aromatic carbocycles. The predicted octanol–water partition coefficient (Wildman–Crippen LogP) is 7.53. The molecule has 12 nitrogen and oxygen atoms in total. The van der Waals surface area contributed by atoms with Gasteiger partial charge in [-0.05, 0) is 110 Å². The van der Waals surface area contributed by atoms with Crippen LogP contribution in [-0.4, -0.2) is 80.5 Å². The lowest BCUT2D eigenvalue weighted by molar-refractivity contribution is -0.139. The summed E-state index contributed by atoms with van der Waals surface area (Å²) in [4.78, 5) is 71.9. The van der Waals surface area contributed by atoms with Gasteiger partial charge in [-0.15, -0.1) is 0 Å². The van der Waals surface area contributed by atoms with Crippen molar-refractivity contribution in [3.05, 3.63) is 165 Å². The number of halogens is 4. The maximum Gasteiger partial charge on any atom is 0.253 e. The molecule has 2 N–H and O–H groups in total. The fraction of sp³-hybridized carbons (Fsp3) is 0.308. The Bertz CT molecular complexity index is 2780. The van der Waals surface area contributed by atoms with E-state index < -0.39 is 34.1 Å². The van der Waals surface area contributed by atoms with Crippen LogP contribution in [0.1, 0.15) is 105 Å². The van der Waals surface area contributed by atoms with Gasteiger partial charge in [0.2, 0.25) is 11.8 Å². The van der Waals surface area contributed by atoms with Crippen LogP contribution < -0.4 is 10.6 Å². The van der Waals surface area contributed by atoms with Gasteiger partial charge < -0.3 is 20.4 Å². The molecule has 4 aliphatic heterocycles. The van der Waals surface area contributed by atoms with Gasteiger partial charge in [-0.25, -0.2) is 27.5 Å². The van der Waals surface area contributed by atoms with Crippen LogP contribution in [0.2, 0.25) is 0 Å². The van der Waals surface area contributed by atoms with Crippen LogP contribution in [0.3, 0.4) is 0 Å². The third-order valence-corrected chi connectivity index (χ3v) is 13.7. The summed E-state index contributed by atoms with van der Waals surface area (Å²) in [5.74, 6) is -3.23. The van der Waals surface area contributed by atoms with E-state index in [-0.39, 0.29) is 72.1 Å². The number of hydrogen-bond acceptors (Lipinski definition) is 8. The Balaban J connectivity index is 0.000000170. The predicted molar refractivity (Wildman–Crippen MR) is 244 cm³/mol. The van der Waals surface area contributed by atoms with E-state index in [2.05, 4.69) is 30.6 Å². The second kappa shape index (κ2) is 18.0. The molecule has 2 atom stereocenters. The number of nitrogens with zero attached hydrogens (tertiary/aromatic N) is 6. The van der Waals surface area contributed by atoms with Crippen LogP contribution in [0, 0.1) is 23.3 Å². The summed E-state index contributed by atoms with van der Waals surface area (Å²) in [6.45, 7) is 5.78. The molecule has 68 heavy (non-hydrogen) atoms. The number of piperidine rings is 2. The summed E-state index contributed by atoms with van der Waals surface area (Å²) in [6.07, 6.45) is 7.36. The van der Waals surface area contributed by atoms with E-state index in [1.165, 1.54) is 36.4 Å². The summed E-state index contributed by atoms with van der Waals surface area (Å²) < 4.78 is 57.7. The third-order valence-electron chi connectivity index (χ3n) is 13.7. The molecule has 348 valence electrons. The number of carbonyl (C=O) groups is 4. The molecule has 0 spiro atoms. The van der Waals surface area contributed by atoms with Gasteiger partial charge in [0.05, 0.1) is 68.9 Å². The van der Waals surface area contributed by atoms with Gasteiger partial charge in [0.15, 0.2) is 0 Å². The van der Waals surface area contributed by atoms with E-state index in [4.69, 9.17) is 0 Å². The number of fused-ring (bicyclic) bond motifs is 2. The van der Waals surface area contributed by atoms with Gasteiger partial charge in [-0.1, -0.05) is 24.3 Å². The van der Waals surface area contributed by atoms with E-state index in [0.717, 1.165) is 49.9 Å². The molecule has 6 aromatic rings. The zero-order chi connectivity index (χ0) is 48.1. The number of rotatable bonds is 8. The fourth-order valence-electron chi connectivity index (χ4n) is 9.88. The first-order chi connectivity index (χ1) is 32.5. The van der Waals surface area contributed by atoms with Crippen molar-refractivity contribution in [2.45, 2.75) is 76.3 Å². The molecule has 8 heterocycles. The number of hydrogen-bond donors (Lipinski definition) is 2. The normalized spacial score (nSPS) is 19.8. The molecule has 2 saturated heterocycles. The minimum absolute atomic E-state index is 0.0773. The van der Waals surface area contributed by atoms with Crippen molar-refractivity contribution in [2.24, 2.45) is 0 Å². The number of likely N-dealkylation sites (tertiary alicyclic amines) is 2. The maximum atomic E-state index is 14.4. The zero-order valence-electron chi connectivity index (χ0n) is 38.0. The number of amides is 4. The van der Waals surface area contributed by atoms with Gasteiger partial charge in [-0.2, -0.15) is 0 Å². The molecule has 1 unspecified atom stereocenters. The molecule has 4 aliphatic rings. The van der Waals surface area contributed by atoms with Crippen molar-refractivity contribution in [3.63, 3.8) is 0 Å². The minimum Gasteiger partial charge on any atom is -0.346 e. The van der Waals surface area contributed by atoms with Crippen LogP contribution in [0.15, 0.2) is 85.2 Å². The minimum atomic E-state index is -0.714. The molecular formula is C52H48F4N8O4. The number of pyridine rings is 4. The van der Waals surface area contributed by atoms with Crippen molar-refractivity contribution < 1.29 is 36.7 Å². The SMILES string of the molecule is CN1CCCC(C)(c2ccc(Cc3cc(-c4c(F)cccc4F)nc4c3C(=O)NC4)nc2)C1=O.CN1CCC[C@@](C)(c2ccc(Cc3cc(-c4c(F)cccc4F)nc4c3C(=O)NC4)nc2)C1=O. The second-order valence-electron chi connectivity index (χ2n) is 18.3. The highest BCUT2D eigenvalue weighted by atomic mass is 19.1. The zero-order valence-corrected chi connectivity index (χ0v) is 38.0. The average molecular weight is 925 g/mol. The van der Waals surface area contributed by atoms with Crippen LogP contribution in [-0.2, 0) is 46.4 Å². The van der Waals surface area contributed by atoms with Crippen molar-refractivity contribution >= 4 is 23.6 Å². The van der Waals surface area contributed by atoms with Gasteiger partial charge >= 0.3 is 0 Å². The Morgan fingerprint density at radius 1 is 0.559 bits per heavy atom. The Hall–Kier alpha value is -7.36. The quantitative estimate of drug-likeness (QED) is 0.149. The highest BCUT2D eigenvalue weighted by molar-refractivity contribution is 6.00. The molecule has 2 fully saturated rings. The standard InChI is InChI=1S/2C26H24F2N4O2/c2*1-26(9-4-10-32(2)25(26)34)16-7-8-17(29-13-16)11-15-12-20(23-18(27)5-3-6-19(23)28)31-21-14-30-24(33)22(15)21/h2*3,5-8,12-13H,4,9-11,14H2,1-2H3,(H,30,33)/t26-;/m0./s1. The molecular weight excluding hydrogens is 877 g/mol. The first-order valence-electron chi connectivity index (χ1n) is 22.5. The molecule has 4 amide bonds. The van der Waals surface area contributed by atoms with Crippen molar-refractivity contribution in [1.82, 2.24) is 40.4 Å². The molecule has 0 bridgehead atoms. The van der Waals surface area contributed by atoms with E-state index in [9.17, 15) is 36.7 Å². The first kappa shape index (κ1) is 45.8. The van der Waals surface area contributed by atoms with E-state index >= 15 is 0 Å². The Morgan fingerprint density at radius 2 is 0.941 bits per heavy atom. The summed E-state index contributed by atoms with van der Waals surface area (Å²) in [6, 6.07) is 17.9. The second-order valence-corrected chi connectivity index (χ2v) is 18.3. The topological polar surface area (TPSA) is 150 Å². The van der Waals surface area contributed by atoms with Crippen LogP contribution in [0.4, 0.5) is 17.6 Å². The van der Waals surface area contributed by atoms with Gasteiger partial charge in [-0.3, -0.25) is 29.1 Å². The van der Waals surface area contributed by atoms with Crippen LogP contribution in [0.25, 0.3) is 22.5 Å². The third kappa shape index (κ3) is 8.36. The Morgan fingerprint density at radius 3 is 1.29 bits per heavy atom. The largest absolute Gasteiger partial charge is 0.346 e. The molecule has 0 saturated carbocycles. The van der Waals surface area contributed by atoms with Gasteiger partial charge in [0.1, 0.15) is 23.3 Å². The molecule has 0 aliphatic carbocycles. The van der Waals surface area contributed by atoms with Gasteiger partial charge in [0, 0.05) is 63.8 Å². The van der Waals surface area contributed by atoms with Gasteiger partial charge in [0.25, 0.3) is 11.8 Å². The average Bonchev–Trinajstić information content (AvgIpc) is 3.89. The smallest absolute Gasteiger partial charge is 0.253 e. The monoisotopic (exact) mass is 924 g/mol. The lowest BCUT2D eigenvalue weighted by Gasteiger charge is -2.37. The first-order valence-corrected chi connectivity index (χ1v) is 22.5. The number of nitrogens with one attached hydrogen (secondary N) is 2. The summed E-state index contributed by atoms with van der Waals surface area (Å²) in [5.41, 5.74) is 4.59. The highest BCUT2D eigenvalue weighted by Gasteiger charge is 2.41. The summed E-state index contributed by atoms with van der Waals surface area (Å²) in [7, 11) is 3.62. The Kier molecular flexibility index (Phi) is 12.1. The Labute approximate surface area is 390 Å². The summed E-state index contributed by atoms with van der Waals surface area (Å²) >= 11 is 0. The number of benzene rings is 2. The van der Waals surface area contributed by atoms with E-state index in [1.54, 1.807) is 34.3 Å². The van der Waals surface area contributed by atoms with Crippen molar-refractivity contribution in [1.29, 1.82) is 0 Å². The highest BCUT2D eigenvalue weighted by Crippen LogP contribution is 2.37. The number of aromatic nitrogens is 4. The lowest BCUT2D eigenvalue weighted by Crippen LogP contribution is -2.48. The molecule has 0 radical (unpaired) electrons. The fourth-order valence-corrected chi connectivity index (χ4v) is 9.88. The summed E-state index contributed by atoms with van der Waals surface area (Å²) in [5, 5.41) is 5.47. The molecule has 10 rings (SSSR count). The van der Waals surface area contributed by atoms with Crippen molar-refractivity contribution in [3.8, 4) is 22.5 Å². The lowest BCUT2D eigenvalue weighted by atomic mass is 9.76. The molecule has 4 aromatic heterocycles. The number of carbonyl (C=O) groups excluding carboxylic acids is 4. The van der Waals surface area contributed by atoms with E-state index in [1.807, 2.05) is 52.2 Å². The molecule has 16 heteroatoms. The number of likely N-dealkylation sites (N-methyl/N-ethyl adjacent to an activating group) is 2. The van der Waals surface area contributed by atoms with Crippen LogP contribution >= 0.6 is 0 Å². The van der Waals surface area contributed by atoms with Crippen molar-refractivity contribution in [2.75, 3.05) is 27.2 Å².